The minimum Gasteiger partial charge on any atom is -0.496 e. The second kappa shape index (κ2) is 9.49. The van der Waals surface area contributed by atoms with Crippen LogP contribution in [0.3, 0.4) is 0 Å². The van der Waals surface area contributed by atoms with Gasteiger partial charge in [-0.3, -0.25) is 4.79 Å². The van der Waals surface area contributed by atoms with Gasteiger partial charge in [-0.15, -0.1) is 0 Å². The number of nitrogens with one attached hydrogen (secondary N) is 1. The summed E-state index contributed by atoms with van der Waals surface area (Å²) in [5, 5.41) is 14.7. The van der Waals surface area contributed by atoms with Gasteiger partial charge in [0.1, 0.15) is 22.7 Å². The summed E-state index contributed by atoms with van der Waals surface area (Å²) in [5.74, 6) is 0.519. The Balaban J connectivity index is 1.59. The maximum atomic E-state index is 13.2. The number of nitrogens with zero attached hydrogens (tertiary/aromatic N) is 4. The number of methoxy groups -OCH3 is 1. The molecule has 0 saturated carbocycles. The second-order valence-corrected chi connectivity index (χ2v) is 10.6. The first-order valence-electron chi connectivity index (χ1n) is 11.8. The van der Waals surface area contributed by atoms with Gasteiger partial charge >= 0.3 is 0 Å². The fraction of sp³-hybridized carbons (Fsp3) is 0.320. The average molecular weight is 510 g/mol. The van der Waals surface area contributed by atoms with Crippen molar-refractivity contribution >= 4 is 21.1 Å². The van der Waals surface area contributed by atoms with E-state index < -0.39 is 16.1 Å². The predicted molar refractivity (Wildman–Crippen MR) is 135 cm³/mol. The van der Waals surface area contributed by atoms with Gasteiger partial charge in [-0.1, -0.05) is 30.3 Å². The number of hydrogen-bond acceptors (Lipinski definition) is 7. The third-order valence-corrected chi connectivity index (χ3v) is 8.33. The normalized spacial score (nSPS) is 15.4. The van der Waals surface area contributed by atoms with E-state index in [0.717, 1.165) is 5.56 Å². The zero-order valence-corrected chi connectivity index (χ0v) is 20.8. The highest BCUT2D eigenvalue weighted by Gasteiger charge is 2.30. The molecule has 4 aromatic rings. The van der Waals surface area contributed by atoms with Crippen LogP contribution in [0.15, 0.2) is 58.2 Å². The largest absolute Gasteiger partial charge is 0.496 e. The van der Waals surface area contributed by atoms with Crippen molar-refractivity contribution in [3.05, 3.63) is 58.9 Å². The summed E-state index contributed by atoms with van der Waals surface area (Å²) in [6.45, 7) is 2.94. The Kier molecular flexibility index (Phi) is 6.37. The number of aliphatic hydroxyl groups excluding tert-OH is 1. The van der Waals surface area contributed by atoms with E-state index in [1.807, 2.05) is 37.3 Å². The first-order valence-corrected chi connectivity index (χ1v) is 13.2. The van der Waals surface area contributed by atoms with E-state index in [4.69, 9.17) is 9.72 Å². The Labute approximate surface area is 208 Å². The Hall–Kier alpha value is -3.54. The Morgan fingerprint density at radius 3 is 2.53 bits per heavy atom. The number of hydrogen-bond donors (Lipinski definition) is 2. The van der Waals surface area contributed by atoms with Crippen LogP contribution >= 0.6 is 0 Å². The van der Waals surface area contributed by atoms with Crippen LogP contribution in [0.1, 0.15) is 19.8 Å². The Morgan fingerprint density at radius 1 is 1.14 bits per heavy atom. The third kappa shape index (κ3) is 4.19. The Bertz CT molecular complexity index is 1570. The summed E-state index contributed by atoms with van der Waals surface area (Å²) in [5.41, 5.74) is 1.90. The van der Waals surface area contributed by atoms with Crippen molar-refractivity contribution in [2.24, 2.45) is 0 Å². The van der Waals surface area contributed by atoms with Gasteiger partial charge in [0.05, 0.1) is 23.7 Å². The molecular weight excluding hydrogens is 482 g/mol. The topological polar surface area (TPSA) is 130 Å². The summed E-state index contributed by atoms with van der Waals surface area (Å²) in [7, 11) is -2.32. The van der Waals surface area contributed by atoms with Crippen LogP contribution < -0.4 is 10.3 Å². The van der Waals surface area contributed by atoms with Gasteiger partial charge in [0, 0.05) is 31.3 Å². The molecule has 0 atom stereocenters. The van der Waals surface area contributed by atoms with Gasteiger partial charge in [0.2, 0.25) is 10.0 Å². The smallest absolute Gasteiger partial charge is 0.262 e. The summed E-state index contributed by atoms with van der Waals surface area (Å²) >= 11 is 0. The van der Waals surface area contributed by atoms with Crippen molar-refractivity contribution in [3.63, 3.8) is 0 Å². The number of piperidine rings is 1. The lowest BCUT2D eigenvalue weighted by Crippen LogP contribution is -2.39. The van der Waals surface area contributed by atoms with Gasteiger partial charge in [-0.2, -0.15) is 9.40 Å². The van der Waals surface area contributed by atoms with Gasteiger partial charge in [-0.25, -0.2) is 18.1 Å². The van der Waals surface area contributed by atoms with E-state index >= 15 is 0 Å². The second-order valence-electron chi connectivity index (χ2n) is 8.64. The molecule has 2 aromatic heterocycles. The predicted octanol–water partition coefficient (Wildman–Crippen LogP) is 2.63. The molecule has 1 saturated heterocycles. The van der Waals surface area contributed by atoms with E-state index in [1.54, 1.807) is 10.7 Å². The summed E-state index contributed by atoms with van der Waals surface area (Å²) in [4.78, 5) is 20.8. The van der Waals surface area contributed by atoms with Crippen molar-refractivity contribution in [1.82, 2.24) is 24.1 Å². The fourth-order valence-electron chi connectivity index (χ4n) is 4.48. The highest BCUT2D eigenvalue weighted by Crippen LogP contribution is 2.33. The number of fused-ring (bicyclic) bond motifs is 1. The van der Waals surface area contributed by atoms with Crippen LogP contribution in [-0.4, -0.2) is 63.9 Å². The van der Waals surface area contributed by atoms with Gasteiger partial charge in [0.25, 0.3) is 5.56 Å². The average Bonchev–Trinajstić information content (AvgIpc) is 3.28. The molecule has 0 amide bonds. The fourth-order valence-corrected chi connectivity index (χ4v) is 5.97. The SMILES string of the molecule is CCn1nc(-c2ccccc2)c2c(=O)[nH]c(-c3ccc(S(=O)(=O)N4CCC(O)CC4)cc3OC)nc21. The molecule has 2 aromatic carbocycles. The van der Waals surface area contributed by atoms with Crippen molar-refractivity contribution in [2.75, 3.05) is 20.2 Å². The van der Waals surface area contributed by atoms with Gasteiger partial charge < -0.3 is 14.8 Å². The Morgan fingerprint density at radius 2 is 1.86 bits per heavy atom. The molecule has 0 bridgehead atoms. The zero-order chi connectivity index (χ0) is 25.4. The maximum Gasteiger partial charge on any atom is 0.262 e. The number of rotatable bonds is 6. The van der Waals surface area contributed by atoms with E-state index in [-0.39, 0.29) is 35.1 Å². The number of ether oxygens (including phenoxy) is 1. The first kappa shape index (κ1) is 24.2. The van der Waals surface area contributed by atoms with Crippen LogP contribution in [0, 0.1) is 0 Å². The molecule has 0 aliphatic carbocycles. The van der Waals surface area contributed by atoms with Crippen LogP contribution in [0.2, 0.25) is 0 Å². The number of aliphatic hydroxyl groups is 1. The molecule has 1 aliphatic rings. The molecule has 188 valence electrons. The molecule has 11 heteroatoms. The van der Waals surface area contributed by atoms with Gasteiger partial charge in [-0.05, 0) is 31.9 Å². The zero-order valence-electron chi connectivity index (χ0n) is 20.0. The van der Waals surface area contributed by atoms with Crippen LogP contribution in [-0.2, 0) is 16.6 Å². The summed E-state index contributed by atoms with van der Waals surface area (Å²) < 4.78 is 34.9. The van der Waals surface area contributed by atoms with Crippen LogP contribution in [0.25, 0.3) is 33.7 Å². The molecule has 0 unspecified atom stereocenters. The van der Waals surface area contributed by atoms with E-state index in [9.17, 15) is 18.3 Å². The highest BCUT2D eigenvalue weighted by molar-refractivity contribution is 7.89. The minimum atomic E-state index is -3.76. The molecule has 1 fully saturated rings. The number of aromatic nitrogens is 4. The molecule has 36 heavy (non-hydrogen) atoms. The summed E-state index contributed by atoms with van der Waals surface area (Å²) in [6.07, 6.45) is 0.316. The van der Waals surface area contributed by atoms with E-state index in [2.05, 4.69) is 10.1 Å². The third-order valence-electron chi connectivity index (χ3n) is 6.44. The van der Waals surface area contributed by atoms with Crippen molar-refractivity contribution in [2.45, 2.75) is 37.3 Å². The summed E-state index contributed by atoms with van der Waals surface area (Å²) in [6, 6.07) is 13.9. The van der Waals surface area contributed by atoms with Gasteiger partial charge in [0.15, 0.2) is 5.65 Å². The molecule has 3 heterocycles. The molecule has 5 rings (SSSR count). The molecule has 10 nitrogen and oxygen atoms in total. The number of sulfonamides is 1. The lowest BCUT2D eigenvalue weighted by atomic mass is 10.1. The highest BCUT2D eigenvalue weighted by atomic mass is 32.2. The van der Waals surface area contributed by atoms with Crippen molar-refractivity contribution in [1.29, 1.82) is 0 Å². The maximum absolute atomic E-state index is 13.2. The quantitative estimate of drug-likeness (QED) is 0.409. The molecule has 2 N–H and O–H groups in total. The first-order chi connectivity index (χ1) is 17.3. The standard InChI is InChI=1S/C25H27N5O5S/c1-3-30-24-21(22(28-30)16-7-5-4-6-8-16)25(32)27-23(26-24)19-10-9-18(15-20(19)35-2)36(33,34)29-13-11-17(31)12-14-29/h4-10,15,17,31H,3,11-14H2,1-2H3,(H,26,27,32). The van der Waals surface area contributed by atoms with Crippen molar-refractivity contribution < 1.29 is 18.3 Å². The van der Waals surface area contributed by atoms with Crippen LogP contribution in [0.4, 0.5) is 0 Å². The van der Waals surface area contributed by atoms with E-state index in [1.165, 1.54) is 23.5 Å². The molecule has 1 aliphatic heterocycles. The number of aromatic amines is 1. The van der Waals surface area contributed by atoms with E-state index in [0.29, 0.717) is 41.7 Å². The number of benzene rings is 2. The monoisotopic (exact) mass is 509 g/mol. The lowest BCUT2D eigenvalue weighted by molar-refractivity contribution is 0.113. The molecule has 0 radical (unpaired) electrons. The minimum absolute atomic E-state index is 0.0767. The lowest BCUT2D eigenvalue weighted by Gasteiger charge is -2.28. The number of H-pyrrole nitrogens is 1. The van der Waals surface area contributed by atoms with Crippen molar-refractivity contribution in [3.8, 4) is 28.4 Å². The molecule has 0 spiro atoms. The molecular formula is C25H27N5O5S. The van der Waals surface area contributed by atoms with Crippen LogP contribution in [0.5, 0.6) is 5.75 Å². The number of aryl methyl sites for hydroxylation is 1.